The molecular weight excluding hydrogens is 261 g/mol. The molecule has 1 aliphatic heterocycles. The average Bonchev–Trinajstić information content (AvgIpc) is 2.95. The van der Waals surface area contributed by atoms with Crippen LogP contribution in [0.3, 0.4) is 0 Å². The van der Waals surface area contributed by atoms with Crippen molar-refractivity contribution >= 4 is 5.91 Å². The lowest BCUT2D eigenvalue weighted by molar-refractivity contribution is -0.122. The van der Waals surface area contributed by atoms with Gasteiger partial charge in [0, 0.05) is 19.6 Å². The Morgan fingerprint density at radius 3 is 3.10 bits per heavy atom. The molecule has 0 saturated carbocycles. The molecule has 1 saturated heterocycles. The molecule has 4 nitrogen and oxygen atoms in total. The first-order valence-electron chi connectivity index (χ1n) is 6.97. The third-order valence-corrected chi connectivity index (χ3v) is 3.44. The molecule has 0 aromatic heterocycles. The molecule has 1 aliphatic rings. The Hall–Kier alpha value is -1.46. The number of amides is 1. The van der Waals surface area contributed by atoms with Crippen molar-refractivity contribution in [1.82, 2.24) is 5.32 Å². The highest BCUT2D eigenvalue weighted by atomic mass is 19.1. The maximum Gasteiger partial charge on any atom is 0.220 e. The van der Waals surface area contributed by atoms with E-state index in [9.17, 15) is 14.3 Å². The Labute approximate surface area is 117 Å². The minimum Gasteiger partial charge on any atom is -0.387 e. The fourth-order valence-electron chi connectivity index (χ4n) is 2.29. The summed E-state index contributed by atoms with van der Waals surface area (Å²) in [6, 6.07) is 5.75. The summed E-state index contributed by atoms with van der Waals surface area (Å²) in [4.78, 5) is 11.7. The predicted octanol–water partition coefficient (Wildman–Crippen LogP) is 1.93. The van der Waals surface area contributed by atoms with Crippen LogP contribution in [-0.4, -0.2) is 30.3 Å². The number of hydrogen-bond donors (Lipinski definition) is 2. The van der Waals surface area contributed by atoms with Gasteiger partial charge in [0.15, 0.2) is 0 Å². The molecule has 1 aromatic carbocycles. The van der Waals surface area contributed by atoms with Crippen LogP contribution < -0.4 is 5.32 Å². The Balaban J connectivity index is 1.69. The molecule has 0 aliphatic carbocycles. The van der Waals surface area contributed by atoms with Crippen LogP contribution in [0, 0.1) is 5.82 Å². The van der Waals surface area contributed by atoms with E-state index in [0.29, 0.717) is 18.4 Å². The van der Waals surface area contributed by atoms with Crippen LogP contribution in [-0.2, 0) is 9.53 Å². The number of aliphatic hydroxyl groups excluding tert-OH is 1. The predicted molar refractivity (Wildman–Crippen MR) is 72.6 cm³/mol. The summed E-state index contributed by atoms with van der Waals surface area (Å²) < 4.78 is 18.4. The first-order valence-corrected chi connectivity index (χ1v) is 6.97. The summed E-state index contributed by atoms with van der Waals surface area (Å²) in [5, 5.41) is 12.5. The number of nitrogens with one attached hydrogen (secondary N) is 1. The van der Waals surface area contributed by atoms with E-state index in [1.54, 1.807) is 6.07 Å². The molecule has 2 N–H and O–H groups in total. The molecular formula is C15H20FNO3. The third kappa shape index (κ3) is 4.58. The molecule has 0 bridgehead atoms. The van der Waals surface area contributed by atoms with Crippen LogP contribution in [0.5, 0.6) is 0 Å². The van der Waals surface area contributed by atoms with Crippen molar-refractivity contribution < 1.29 is 19.0 Å². The van der Waals surface area contributed by atoms with Gasteiger partial charge in [-0.3, -0.25) is 4.79 Å². The largest absolute Gasteiger partial charge is 0.387 e. The third-order valence-electron chi connectivity index (χ3n) is 3.44. The van der Waals surface area contributed by atoms with E-state index in [-0.39, 0.29) is 18.6 Å². The normalized spacial score (nSPS) is 19.8. The number of ether oxygens (including phenoxy) is 1. The number of benzene rings is 1. The average molecular weight is 281 g/mol. The Kier molecular flexibility index (Phi) is 5.49. The fourth-order valence-corrected chi connectivity index (χ4v) is 2.29. The van der Waals surface area contributed by atoms with E-state index in [2.05, 4.69) is 5.32 Å². The van der Waals surface area contributed by atoms with Crippen molar-refractivity contribution in [3.8, 4) is 0 Å². The number of rotatable bonds is 6. The Morgan fingerprint density at radius 1 is 1.55 bits per heavy atom. The highest BCUT2D eigenvalue weighted by molar-refractivity contribution is 5.75. The zero-order valence-electron chi connectivity index (χ0n) is 11.3. The summed E-state index contributed by atoms with van der Waals surface area (Å²) in [6.45, 7) is 0.873. The number of hydrogen-bond acceptors (Lipinski definition) is 3. The van der Waals surface area contributed by atoms with Gasteiger partial charge in [0.1, 0.15) is 5.82 Å². The summed E-state index contributed by atoms with van der Waals surface area (Å²) in [5.74, 6) is -0.512. The Morgan fingerprint density at radius 2 is 2.40 bits per heavy atom. The van der Waals surface area contributed by atoms with Gasteiger partial charge in [-0.1, -0.05) is 12.1 Å². The summed E-state index contributed by atoms with van der Waals surface area (Å²) >= 11 is 0. The quantitative estimate of drug-likeness (QED) is 0.837. The van der Waals surface area contributed by atoms with Gasteiger partial charge in [-0.25, -0.2) is 4.39 Å². The van der Waals surface area contributed by atoms with Crippen LogP contribution in [0.4, 0.5) is 4.39 Å². The minimum absolute atomic E-state index is 0.0911. The van der Waals surface area contributed by atoms with Gasteiger partial charge < -0.3 is 15.2 Å². The Bertz CT molecular complexity index is 446. The maximum absolute atomic E-state index is 13.0. The molecule has 1 fully saturated rings. The number of halogens is 1. The van der Waals surface area contributed by atoms with Crippen molar-refractivity contribution in [3.63, 3.8) is 0 Å². The first kappa shape index (κ1) is 14.9. The zero-order chi connectivity index (χ0) is 14.4. The second-order valence-corrected chi connectivity index (χ2v) is 5.05. The minimum atomic E-state index is -0.891. The summed E-state index contributed by atoms with van der Waals surface area (Å²) in [7, 11) is 0. The van der Waals surface area contributed by atoms with E-state index < -0.39 is 11.9 Å². The van der Waals surface area contributed by atoms with Crippen molar-refractivity contribution in [2.24, 2.45) is 0 Å². The lowest BCUT2D eigenvalue weighted by Gasteiger charge is -2.13. The summed E-state index contributed by atoms with van der Waals surface area (Å²) in [5.41, 5.74) is 0.462. The van der Waals surface area contributed by atoms with E-state index in [1.807, 2.05) is 0 Å². The lowest BCUT2D eigenvalue weighted by atomic mass is 10.1. The molecule has 2 rings (SSSR count). The molecule has 1 heterocycles. The molecule has 2 atom stereocenters. The van der Waals surface area contributed by atoms with E-state index in [4.69, 9.17) is 4.74 Å². The molecule has 1 amide bonds. The van der Waals surface area contributed by atoms with Gasteiger partial charge in [0.05, 0.1) is 12.2 Å². The molecule has 2 unspecified atom stereocenters. The highest BCUT2D eigenvalue weighted by Gasteiger charge is 2.17. The molecule has 0 radical (unpaired) electrons. The molecule has 1 aromatic rings. The van der Waals surface area contributed by atoms with Gasteiger partial charge in [-0.15, -0.1) is 0 Å². The van der Waals surface area contributed by atoms with Gasteiger partial charge >= 0.3 is 0 Å². The van der Waals surface area contributed by atoms with Crippen LogP contribution >= 0.6 is 0 Å². The van der Waals surface area contributed by atoms with Gasteiger partial charge in [0.25, 0.3) is 0 Å². The van der Waals surface area contributed by atoms with Gasteiger partial charge in [0.2, 0.25) is 5.91 Å². The van der Waals surface area contributed by atoms with Crippen LogP contribution in [0.15, 0.2) is 24.3 Å². The maximum atomic E-state index is 13.0. The van der Waals surface area contributed by atoms with Gasteiger partial charge in [-0.2, -0.15) is 0 Å². The van der Waals surface area contributed by atoms with Crippen molar-refractivity contribution in [2.75, 3.05) is 13.2 Å². The fraction of sp³-hybridized carbons (Fsp3) is 0.533. The topological polar surface area (TPSA) is 58.6 Å². The molecule has 5 heteroatoms. The van der Waals surface area contributed by atoms with E-state index >= 15 is 0 Å². The second kappa shape index (κ2) is 7.36. The van der Waals surface area contributed by atoms with E-state index in [0.717, 1.165) is 19.4 Å². The zero-order valence-corrected chi connectivity index (χ0v) is 11.3. The van der Waals surface area contributed by atoms with Crippen LogP contribution in [0.1, 0.15) is 37.4 Å². The lowest BCUT2D eigenvalue weighted by Crippen LogP contribution is -2.29. The molecule has 0 spiro atoms. The van der Waals surface area contributed by atoms with Gasteiger partial charge in [-0.05, 0) is 37.0 Å². The SMILES string of the molecule is O=C(CCC1CCCO1)NCC(O)c1cccc(F)c1. The van der Waals surface area contributed by atoms with Crippen LogP contribution in [0.2, 0.25) is 0 Å². The molecule has 110 valence electrons. The van der Waals surface area contributed by atoms with Crippen molar-refractivity contribution in [2.45, 2.75) is 37.9 Å². The number of carbonyl (C=O) groups excluding carboxylic acids is 1. The number of carbonyl (C=O) groups is 1. The number of aliphatic hydroxyl groups is 1. The van der Waals surface area contributed by atoms with Crippen molar-refractivity contribution in [3.05, 3.63) is 35.6 Å². The summed E-state index contributed by atoms with van der Waals surface area (Å²) in [6.07, 6.45) is 2.47. The smallest absolute Gasteiger partial charge is 0.220 e. The monoisotopic (exact) mass is 281 g/mol. The highest BCUT2D eigenvalue weighted by Crippen LogP contribution is 2.17. The first-order chi connectivity index (χ1) is 9.65. The van der Waals surface area contributed by atoms with E-state index in [1.165, 1.54) is 18.2 Å². The standard InChI is InChI=1S/C15H20FNO3/c16-12-4-1-3-11(9-12)14(18)10-17-15(19)7-6-13-5-2-8-20-13/h1,3-4,9,13-14,18H,2,5-8,10H2,(H,17,19). The second-order valence-electron chi connectivity index (χ2n) is 5.05. The molecule has 20 heavy (non-hydrogen) atoms. The van der Waals surface area contributed by atoms with Crippen LogP contribution in [0.25, 0.3) is 0 Å². The van der Waals surface area contributed by atoms with Crippen molar-refractivity contribution in [1.29, 1.82) is 0 Å².